The normalized spacial score (nSPS) is 26.8. The summed E-state index contributed by atoms with van der Waals surface area (Å²) in [6.45, 7) is 0. The molecule has 0 radical (unpaired) electrons. The number of rotatable bonds is 0. The number of nitrogens with one attached hydrogen (secondary N) is 1. The number of hydrogen-bond acceptors (Lipinski definition) is 2. The Kier molecular flexibility index (Phi) is 2.08. The fourth-order valence-electron chi connectivity index (χ4n) is 3.18. The minimum atomic E-state index is -0.880. The third-order valence-corrected chi connectivity index (χ3v) is 3.91. The number of aryl methyl sites for hydroxylation is 1. The van der Waals surface area contributed by atoms with Crippen molar-refractivity contribution < 1.29 is 9.90 Å². The third kappa shape index (κ3) is 1.33. The van der Waals surface area contributed by atoms with Crippen LogP contribution in [0.5, 0.6) is 0 Å². The van der Waals surface area contributed by atoms with Gasteiger partial charge in [0.2, 0.25) is 0 Å². The molecule has 1 amide bonds. The van der Waals surface area contributed by atoms with Crippen LogP contribution in [0.25, 0.3) is 0 Å². The van der Waals surface area contributed by atoms with Gasteiger partial charge < -0.3 is 5.11 Å². The van der Waals surface area contributed by atoms with Crippen LogP contribution in [0.3, 0.4) is 0 Å². The van der Waals surface area contributed by atoms with Crippen LogP contribution in [-0.2, 0) is 13.5 Å². The highest BCUT2D eigenvalue weighted by molar-refractivity contribution is 5.67. The predicted octanol–water partition coefficient (Wildman–Crippen LogP) is 0.843. The largest absolute Gasteiger partial charge is 0.465 e. The van der Waals surface area contributed by atoms with Crippen LogP contribution in [-0.4, -0.2) is 31.9 Å². The van der Waals surface area contributed by atoms with Crippen molar-refractivity contribution in [3.05, 3.63) is 21.6 Å². The van der Waals surface area contributed by atoms with E-state index in [0.29, 0.717) is 6.42 Å². The Bertz CT molecular complexity index is 531. The predicted molar refractivity (Wildman–Crippen MR) is 60.0 cm³/mol. The van der Waals surface area contributed by atoms with Gasteiger partial charge in [-0.15, -0.1) is 0 Å². The average molecular weight is 237 g/mol. The van der Waals surface area contributed by atoms with Crippen LogP contribution in [0.2, 0.25) is 0 Å². The number of carboxylic acid groups (broad SMARTS) is 1. The molecule has 3 heterocycles. The van der Waals surface area contributed by atoms with E-state index in [1.807, 2.05) is 0 Å². The maximum Gasteiger partial charge on any atom is 0.408 e. The number of piperidine rings is 1. The first-order chi connectivity index (χ1) is 8.09. The summed E-state index contributed by atoms with van der Waals surface area (Å²) >= 11 is 0. The third-order valence-electron chi connectivity index (χ3n) is 3.91. The second-order valence-electron chi connectivity index (χ2n) is 4.86. The molecule has 1 aromatic rings. The molecule has 17 heavy (non-hydrogen) atoms. The summed E-state index contributed by atoms with van der Waals surface area (Å²) in [7, 11) is 1.68. The van der Waals surface area contributed by atoms with Gasteiger partial charge in [-0.1, -0.05) is 0 Å². The van der Waals surface area contributed by atoms with E-state index < -0.39 is 6.09 Å². The molecule has 1 fully saturated rings. The smallest absolute Gasteiger partial charge is 0.408 e. The Morgan fingerprint density at radius 1 is 1.47 bits per heavy atom. The van der Waals surface area contributed by atoms with Crippen LogP contribution < -0.4 is 5.56 Å². The lowest BCUT2D eigenvalue weighted by Gasteiger charge is -2.43. The summed E-state index contributed by atoms with van der Waals surface area (Å²) in [5, 5.41) is 12.3. The first kappa shape index (κ1) is 10.4. The summed E-state index contributed by atoms with van der Waals surface area (Å²) in [6, 6.07) is -0.189. The zero-order valence-electron chi connectivity index (χ0n) is 9.64. The van der Waals surface area contributed by atoms with Crippen molar-refractivity contribution in [3.8, 4) is 0 Å². The molecule has 2 bridgehead atoms. The van der Waals surface area contributed by atoms with E-state index in [4.69, 9.17) is 0 Å². The molecule has 2 atom stereocenters. The Labute approximate surface area is 97.8 Å². The molecule has 0 saturated carbocycles. The average Bonchev–Trinajstić information content (AvgIpc) is 2.56. The van der Waals surface area contributed by atoms with Crippen LogP contribution >= 0.6 is 0 Å². The minimum Gasteiger partial charge on any atom is -0.465 e. The van der Waals surface area contributed by atoms with E-state index in [1.165, 1.54) is 9.58 Å². The van der Waals surface area contributed by atoms with E-state index in [0.717, 1.165) is 30.5 Å². The van der Waals surface area contributed by atoms with E-state index in [-0.39, 0.29) is 17.6 Å². The lowest BCUT2D eigenvalue weighted by molar-refractivity contribution is 0.0608. The number of hydrogen-bond donors (Lipinski definition) is 2. The van der Waals surface area contributed by atoms with Crippen molar-refractivity contribution in [2.24, 2.45) is 7.05 Å². The highest BCUT2D eigenvalue weighted by Gasteiger charge is 2.42. The molecule has 2 aliphatic heterocycles. The second kappa shape index (κ2) is 3.38. The Morgan fingerprint density at radius 2 is 2.24 bits per heavy atom. The van der Waals surface area contributed by atoms with Gasteiger partial charge in [0.25, 0.3) is 5.56 Å². The molecule has 3 rings (SSSR count). The molecule has 6 heteroatoms. The van der Waals surface area contributed by atoms with Gasteiger partial charge in [-0.25, -0.2) is 4.79 Å². The maximum atomic E-state index is 11.9. The van der Waals surface area contributed by atoms with E-state index >= 15 is 0 Å². The van der Waals surface area contributed by atoms with E-state index in [9.17, 15) is 14.7 Å². The van der Waals surface area contributed by atoms with Gasteiger partial charge in [-0.2, -0.15) is 0 Å². The van der Waals surface area contributed by atoms with Gasteiger partial charge in [-0.05, 0) is 19.3 Å². The van der Waals surface area contributed by atoms with Crippen LogP contribution in [0, 0.1) is 0 Å². The van der Waals surface area contributed by atoms with Crippen molar-refractivity contribution in [1.82, 2.24) is 14.7 Å². The molecule has 1 saturated heterocycles. The SMILES string of the molecule is Cn1[nH]c2c(c1=O)C[C@H]1CCC[C@@H]2N1C(=O)O. The summed E-state index contributed by atoms with van der Waals surface area (Å²) < 4.78 is 1.45. The summed E-state index contributed by atoms with van der Waals surface area (Å²) in [4.78, 5) is 24.7. The zero-order valence-corrected chi connectivity index (χ0v) is 9.64. The molecule has 6 nitrogen and oxygen atoms in total. The monoisotopic (exact) mass is 237 g/mol. The van der Waals surface area contributed by atoms with Gasteiger partial charge in [0, 0.05) is 25.1 Å². The van der Waals surface area contributed by atoms with Crippen LogP contribution in [0.4, 0.5) is 4.79 Å². The zero-order chi connectivity index (χ0) is 12.2. The molecule has 2 N–H and O–H groups in total. The number of nitrogens with zero attached hydrogens (tertiary/aromatic N) is 2. The number of carbonyl (C=O) groups is 1. The van der Waals surface area contributed by atoms with Gasteiger partial charge in [0.1, 0.15) is 0 Å². The summed E-state index contributed by atoms with van der Waals surface area (Å²) in [5.41, 5.74) is 1.57. The number of aromatic amines is 1. The van der Waals surface area contributed by atoms with Crippen molar-refractivity contribution >= 4 is 6.09 Å². The molecule has 0 aliphatic carbocycles. The fraction of sp³-hybridized carbons (Fsp3) is 0.636. The van der Waals surface area contributed by atoms with Gasteiger partial charge >= 0.3 is 6.09 Å². The molecule has 92 valence electrons. The minimum absolute atomic E-state index is 0.0121. The number of amides is 1. The molecule has 1 aromatic heterocycles. The van der Waals surface area contributed by atoms with Crippen LogP contribution in [0.15, 0.2) is 4.79 Å². The lowest BCUT2D eigenvalue weighted by Crippen LogP contribution is -2.49. The Morgan fingerprint density at radius 3 is 2.94 bits per heavy atom. The number of H-pyrrole nitrogens is 1. The highest BCUT2D eigenvalue weighted by Crippen LogP contribution is 2.39. The van der Waals surface area contributed by atoms with Crippen molar-refractivity contribution in [2.75, 3.05) is 0 Å². The van der Waals surface area contributed by atoms with Gasteiger partial charge in [0.05, 0.1) is 11.7 Å². The molecule has 0 unspecified atom stereocenters. The quantitative estimate of drug-likeness (QED) is 0.702. The van der Waals surface area contributed by atoms with Gasteiger partial charge in [-0.3, -0.25) is 19.5 Å². The summed E-state index contributed by atoms with van der Waals surface area (Å²) in [6.07, 6.45) is 2.35. The molecule has 2 aliphatic rings. The maximum absolute atomic E-state index is 11.9. The first-order valence-corrected chi connectivity index (χ1v) is 5.88. The Balaban J connectivity index is 2.14. The van der Waals surface area contributed by atoms with E-state index in [1.54, 1.807) is 7.05 Å². The van der Waals surface area contributed by atoms with Crippen molar-refractivity contribution in [2.45, 2.75) is 37.8 Å². The molecular formula is C11H15N3O3. The lowest BCUT2D eigenvalue weighted by atomic mass is 9.84. The summed E-state index contributed by atoms with van der Waals surface area (Å²) in [5.74, 6) is 0. The highest BCUT2D eigenvalue weighted by atomic mass is 16.4. The van der Waals surface area contributed by atoms with Crippen molar-refractivity contribution in [3.63, 3.8) is 0 Å². The molecule has 0 aromatic carbocycles. The molecule has 0 spiro atoms. The van der Waals surface area contributed by atoms with Crippen LogP contribution in [0.1, 0.15) is 36.6 Å². The fourth-order valence-corrected chi connectivity index (χ4v) is 3.18. The Hall–Kier alpha value is -1.72. The number of fused-ring (bicyclic) bond motifs is 4. The second-order valence-corrected chi connectivity index (χ2v) is 4.86. The topological polar surface area (TPSA) is 78.3 Å². The van der Waals surface area contributed by atoms with E-state index in [2.05, 4.69) is 5.10 Å². The number of aromatic nitrogens is 2. The first-order valence-electron chi connectivity index (χ1n) is 5.88. The van der Waals surface area contributed by atoms with Gasteiger partial charge in [0.15, 0.2) is 0 Å². The van der Waals surface area contributed by atoms with Crippen molar-refractivity contribution in [1.29, 1.82) is 0 Å². The molecular weight excluding hydrogens is 222 g/mol. The standard InChI is InChI=1S/C11H15N3O3/c1-13-10(15)7-5-6-3-2-4-8(9(7)12-13)14(6)11(16)17/h6,8,12H,2-5H2,1H3,(H,16,17)/t6-,8+/m1/s1.